The molecule has 2 nitrogen and oxygen atoms in total. The zero-order valence-corrected chi connectivity index (χ0v) is 16.8. The Labute approximate surface area is 164 Å². The minimum Gasteiger partial charge on any atom is -0.478 e. The molecule has 146 valence electrons. The number of carboxylic acids is 1. The van der Waals surface area contributed by atoms with Crippen LogP contribution in [-0.4, -0.2) is 11.1 Å². The molecule has 2 aromatic carbocycles. The van der Waals surface area contributed by atoms with Gasteiger partial charge in [0.25, 0.3) is 0 Å². The smallest absolute Gasteiger partial charge is 0.335 e. The van der Waals surface area contributed by atoms with Crippen molar-refractivity contribution in [1.29, 1.82) is 0 Å². The number of hydrogen-bond donors (Lipinski definition) is 1. The van der Waals surface area contributed by atoms with Crippen LogP contribution in [0, 0.1) is 0 Å². The number of rotatable bonds is 13. The molecule has 0 heterocycles. The van der Waals surface area contributed by atoms with E-state index in [1.54, 1.807) is 12.1 Å². The SMILES string of the molecule is CCCCCCCCCCCCc1ccccc1-c1ccc(C(=O)O)cc1. The Balaban J connectivity index is 1.75. The molecule has 2 aromatic rings. The summed E-state index contributed by atoms with van der Waals surface area (Å²) in [6, 6.07) is 15.7. The van der Waals surface area contributed by atoms with Gasteiger partial charge in [-0.2, -0.15) is 0 Å². The molecule has 0 radical (unpaired) electrons. The Hall–Kier alpha value is -2.09. The van der Waals surface area contributed by atoms with Gasteiger partial charge in [-0.1, -0.05) is 101 Å². The Morgan fingerprint density at radius 2 is 1.30 bits per heavy atom. The first-order valence-corrected chi connectivity index (χ1v) is 10.6. The molecular formula is C25H34O2. The molecule has 0 saturated heterocycles. The third-order valence-electron chi connectivity index (χ3n) is 5.26. The molecule has 0 aromatic heterocycles. The van der Waals surface area contributed by atoms with Crippen molar-refractivity contribution in [3.63, 3.8) is 0 Å². The van der Waals surface area contributed by atoms with Crippen LogP contribution in [0.3, 0.4) is 0 Å². The second kappa shape index (κ2) is 12.3. The summed E-state index contributed by atoms with van der Waals surface area (Å²) in [5.74, 6) is -0.875. The van der Waals surface area contributed by atoms with E-state index in [1.165, 1.54) is 75.3 Å². The fourth-order valence-electron chi connectivity index (χ4n) is 3.62. The van der Waals surface area contributed by atoms with Crippen molar-refractivity contribution < 1.29 is 9.90 Å². The second-order valence-electron chi connectivity index (χ2n) is 7.47. The number of benzene rings is 2. The summed E-state index contributed by atoms with van der Waals surface area (Å²) >= 11 is 0. The van der Waals surface area contributed by atoms with Gasteiger partial charge in [0.15, 0.2) is 0 Å². The van der Waals surface area contributed by atoms with Gasteiger partial charge >= 0.3 is 5.97 Å². The molecule has 0 fully saturated rings. The molecule has 0 aliphatic heterocycles. The lowest BCUT2D eigenvalue weighted by molar-refractivity contribution is 0.0697. The van der Waals surface area contributed by atoms with E-state index >= 15 is 0 Å². The highest BCUT2D eigenvalue weighted by atomic mass is 16.4. The maximum atomic E-state index is 11.0. The Bertz CT molecular complexity index is 673. The lowest BCUT2D eigenvalue weighted by Gasteiger charge is -2.10. The summed E-state index contributed by atoms with van der Waals surface area (Å²) in [6.07, 6.45) is 14.6. The summed E-state index contributed by atoms with van der Waals surface area (Å²) in [5.41, 5.74) is 4.03. The van der Waals surface area contributed by atoms with Crippen molar-refractivity contribution in [2.75, 3.05) is 0 Å². The summed E-state index contributed by atoms with van der Waals surface area (Å²) in [6.45, 7) is 2.27. The topological polar surface area (TPSA) is 37.3 Å². The van der Waals surface area contributed by atoms with E-state index in [0.717, 1.165) is 12.0 Å². The average Bonchev–Trinajstić information content (AvgIpc) is 2.70. The quantitative estimate of drug-likeness (QED) is 0.372. The first-order valence-electron chi connectivity index (χ1n) is 10.6. The lowest BCUT2D eigenvalue weighted by Crippen LogP contribution is -1.96. The molecule has 0 bridgehead atoms. The molecule has 0 aliphatic rings. The van der Waals surface area contributed by atoms with E-state index < -0.39 is 5.97 Å². The predicted molar refractivity (Wildman–Crippen MR) is 114 cm³/mol. The molecule has 0 saturated carbocycles. The summed E-state index contributed by atoms with van der Waals surface area (Å²) < 4.78 is 0. The highest BCUT2D eigenvalue weighted by Crippen LogP contribution is 2.25. The molecule has 1 N–H and O–H groups in total. The first-order chi connectivity index (χ1) is 13.2. The zero-order chi connectivity index (χ0) is 19.3. The van der Waals surface area contributed by atoms with Crippen LogP contribution in [0.15, 0.2) is 48.5 Å². The second-order valence-corrected chi connectivity index (χ2v) is 7.47. The van der Waals surface area contributed by atoms with Gasteiger partial charge in [0.05, 0.1) is 5.56 Å². The van der Waals surface area contributed by atoms with Gasteiger partial charge in [-0.05, 0) is 41.7 Å². The fraction of sp³-hybridized carbons (Fsp3) is 0.480. The molecule has 0 spiro atoms. The maximum Gasteiger partial charge on any atom is 0.335 e. The predicted octanol–water partition coefficient (Wildman–Crippen LogP) is 7.52. The van der Waals surface area contributed by atoms with Crippen LogP contribution in [0.4, 0.5) is 0 Å². The lowest BCUT2D eigenvalue weighted by atomic mass is 9.95. The minimum atomic E-state index is -0.875. The first kappa shape index (κ1) is 21.2. The van der Waals surface area contributed by atoms with Crippen molar-refractivity contribution in [3.8, 4) is 11.1 Å². The highest BCUT2D eigenvalue weighted by molar-refractivity contribution is 5.88. The van der Waals surface area contributed by atoms with Crippen LogP contribution in [0.5, 0.6) is 0 Å². The van der Waals surface area contributed by atoms with E-state index in [2.05, 4.69) is 31.2 Å². The highest BCUT2D eigenvalue weighted by Gasteiger charge is 2.07. The molecular weight excluding hydrogens is 332 g/mol. The van der Waals surface area contributed by atoms with Crippen molar-refractivity contribution >= 4 is 5.97 Å². The summed E-state index contributed by atoms with van der Waals surface area (Å²) in [7, 11) is 0. The number of carbonyl (C=O) groups is 1. The molecule has 0 amide bonds. The normalized spacial score (nSPS) is 10.9. The molecule has 2 heteroatoms. The standard InChI is InChI=1S/C25H34O2/c1-2-3-4-5-6-7-8-9-10-11-14-21-15-12-13-16-24(21)22-17-19-23(20-18-22)25(26)27/h12-13,15-20H,2-11,14H2,1H3,(H,26,27). The van der Waals surface area contributed by atoms with Crippen LogP contribution in [0.1, 0.15) is 87.1 Å². The molecule has 27 heavy (non-hydrogen) atoms. The largest absolute Gasteiger partial charge is 0.478 e. The summed E-state index contributed by atoms with van der Waals surface area (Å²) in [4.78, 5) is 11.0. The number of unbranched alkanes of at least 4 members (excludes halogenated alkanes) is 9. The fourth-order valence-corrected chi connectivity index (χ4v) is 3.62. The van der Waals surface area contributed by atoms with Gasteiger partial charge in [-0.15, -0.1) is 0 Å². The molecule has 0 atom stereocenters. The van der Waals surface area contributed by atoms with E-state index in [-0.39, 0.29) is 0 Å². The number of hydrogen-bond acceptors (Lipinski definition) is 1. The molecule has 0 aliphatic carbocycles. The van der Waals surface area contributed by atoms with E-state index in [4.69, 9.17) is 5.11 Å². The van der Waals surface area contributed by atoms with Gasteiger partial charge in [-0.25, -0.2) is 4.79 Å². The van der Waals surface area contributed by atoms with E-state index in [1.807, 2.05) is 12.1 Å². The van der Waals surface area contributed by atoms with Crippen LogP contribution < -0.4 is 0 Å². The van der Waals surface area contributed by atoms with Gasteiger partial charge in [-0.3, -0.25) is 0 Å². The van der Waals surface area contributed by atoms with Crippen LogP contribution in [-0.2, 0) is 6.42 Å². The van der Waals surface area contributed by atoms with Gasteiger partial charge in [0.1, 0.15) is 0 Å². The van der Waals surface area contributed by atoms with Crippen molar-refractivity contribution in [3.05, 3.63) is 59.7 Å². The van der Waals surface area contributed by atoms with E-state index in [0.29, 0.717) is 5.56 Å². The Kier molecular flexibility index (Phi) is 9.68. The van der Waals surface area contributed by atoms with Crippen LogP contribution in [0.25, 0.3) is 11.1 Å². The van der Waals surface area contributed by atoms with Crippen LogP contribution in [0.2, 0.25) is 0 Å². The van der Waals surface area contributed by atoms with E-state index in [9.17, 15) is 4.79 Å². The van der Waals surface area contributed by atoms with Crippen molar-refractivity contribution in [2.24, 2.45) is 0 Å². The van der Waals surface area contributed by atoms with Gasteiger partial charge < -0.3 is 5.11 Å². The maximum absolute atomic E-state index is 11.0. The molecule has 0 unspecified atom stereocenters. The van der Waals surface area contributed by atoms with Gasteiger partial charge in [0.2, 0.25) is 0 Å². The average molecular weight is 367 g/mol. The number of carboxylic acid groups (broad SMARTS) is 1. The zero-order valence-electron chi connectivity index (χ0n) is 16.8. The number of aryl methyl sites for hydroxylation is 1. The van der Waals surface area contributed by atoms with Crippen molar-refractivity contribution in [2.45, 2.75) is 77.6 Å². The number of aromatic carboxylic acids is 1. The monoisotopic (exact) mass is 366 g/mol. The Morgan fingerprint density at radius 3 is 1.89 bits per heavy atom. The third kappa shape index (κ3) is 7.58. The minimum absolute atomic E-state index is 0.339. The molecule has 2 rings (SSSR count). The van der Waals surface area contributed by atoms with Gasteiger partial charge in [0, 0.05) is 0 Å². The van der Waals surface area contributed by atoms with Crippen LogP contribution >= 0.6 is 0 Å². The third-order valence-corrected chi connectivity index (χ3v) is 5.26. The van der Waals surface area contributed by atoms with Crippen molar-refractivity contribution in [1.82, 2.24) is 0 Å². The summed E-state index contributed by atoms with van der Waals surface area (Å²) in [5, 5.41) is 9.06. The Morgan fingerprint density at radius 1 is 0.741 bits per heavy atom.